The minimum absolute atomic E-state index is 0.120. The molecule has 0 aliphatic rings. The normalized spacial score (nSPS) is 12.1. The first-order valence-electron chi connectivity index (χ1n) is 9.87. The van der Waals surface area contributed by atoms with E-state index in [1.807, 2.05) is 32.9 Å². The molecule has 150 valence electrons. The highest BCUT2D eigenvalue weighted by atomic mass is 16.3. The highest BCUT2D eigenvalue weighted by molar-refractivity contribution is 5.54. The van der Waals surface area contributed by atoms with Gasteiger partial charge in [0.25, 0.3) is 0 Å². The summed E-state index contributed by atoms with van der Waals surface area (Å²) in [7, 11) is 0. The second-order valence-corrected chi connectivity index (χ2v) is 9.80. The lowest BCUT2D eigenvalue weighted by atomic mass is 9.79. The molecule has 0 bridgehead atoms. The van der Waals surface area contributed by atoms with Gasteiger partial charge in [0.2, 0.25) is 0 Å². The molecule has 0 heterocycles. The second-order valence-electron chi connectivity index (χ2n) is 9.80. The van der Waals surface area contributed by atoms with E-state index in [0.29, 0.717) is 11.5 Å². The van der Waals surface area contributed by atoms with Crippen molar-refractivity contribution in [1.82, 2.24) is 0 Å². The molecule has 0 fully saturated rings. The molecule has 0 spiro atoms. The Labute approximate surface area is 170 Å². The van der Waals surface area contributed by atoms with E-state index in [2.05, 4.69) is 65.5 Å². The predicted octanol–water partition coefficient (Wildman–Crippen LogP) is 6.46. The van der Waals surface area contributed by atoms with Crippen LogP contribution in [0.4, 0.5) is 0 Å². The molecule has 0 aromatic heterocycles. The molecule has 2 nitrogen and oxygen atoms in total. The van der Waals surface area contributed by atoms with Crippen LogP contribution in [0, 0.1) is 25.7 Å². The fourth-order valence-corrected chi connectivity index (χ4v) is 3.60. The van der Waals surface area contributed by atoms with E-state index in [9.17, 15) is 10.2 Å². The first kappa shape index (κ1) is 21.9. The quantitative estimate of drug-likeness (QED) is 0.588. The molecule has 28 heavy (non-hydrogen) atoms. The Morgan fingerprint density at radius 3 is 1.36 bits per heavy atom. The molecule has 0 amide bonds. The van der Waals surface area contributed by atoms with E-state index in [-0.39, 0.29) is 16.7 Å². The van der Waals surface area contributed by atoms with Crippen molar-refractivity contribution < 1.29 is 10.2 Å². The van der Waals surface area contributed by atoms with Crippen molar-refractivity contribution in [2.45, 2.75) is 79.1 Å². The van der Waals surface area contributed by atoms with Crippen LogP contribution in [0.3, 0.4) is 0 Å². The zero-order valence-corrected chi connectivity index (χ0v) is 18.8. The van der Waals surface area contributed by atoms with E-state index >= 15 is 0 Å². The van der Waals surface area contributed by atoms with Gasteiger partial charge < -0.3 is 10.2 Å². The Balaban J connectivity index is 2.77. The topological polar surface area (TPSA) is 40.5 Å². The third-order valence-electron chi connectivity index (χ3n) is 5.22. The molecule has 2 aromatic carbocycles. The van der Waals surface area contributed by atoms with Gasteiger partial charge >= 0.3 is 0 Å². The number of aryl methyl sites for hydroxylation is 2. The summed E-state index contributed by atoms with van der Waals surface area (Å²) in [5, 5.41) is 21.2. The monoisotopic (exact) mass is 378 g/mol. The van der Waals surface area contributed by atoms with Crippen molar-refractivity contribution in [2.75, 3.05) is 0 Å². The standard InChI is InChI=1S/C26H34O2/c1-10-11-20(18-12-16(2)23(27)21(14-18)25(4,5)6)19-13-17(3)24(28)22(15-19)26(7,8)9/h12-15,20,27-28H,1-9H3. The summed E-state index contributed by atoms with van der Waals surface area (Å²) in [5.74, 6) is 7.02. The maximum atomic E-state index is 10.6. The fourth-order valence-electron chi connectivity index (χ4n) is 3.60. The molecule has 2 aromatic rings. The smallest absolute Gasteiger partial charge is 0.122 e. The van der Waals surface area contributed by atoms with Gasteiger partial charge in [0.15, 0.2) is 0 Å². The van der Waals surface area contributed by atoms with Crippen LogP contribution in [0.2, 0.25) is 0 Å². The summed E-state index contributed by atoms with van der Waals surface area (Å²) in [6.07, 6.45) is 0. The summed E-state index contributed by atoms with van der Waals surface area (Å²) in [4.78, 5) is 0. The predicted molar refractivity (Wildman–Crippen MR) is 118 cm³/mol. The van der Waals surface area contributed by atoms with Crippen molar-refractivity contribution in [3.63, 3.8) is 0 Å². The van der Waals surface area contributed by atoms with Crippen LogP contribution in [-0.4, -0.2) is 10.2 Å². The Bertz CT molecular complexity index is 872. The number of phenols is 2. The van der Waals surface area contributed by atoms with Crippen LogP contribution in [0.15, 0.2) is 24.3 Å². The molecule has 0 aliphatic heterocycles. The van der Waals surface area contributed by atoms with Gasteiger partial charge in [0, 0.05) is 0 Å². The Kier molecular flexibility index (Phi) is 5.90. The number of benzene rings is 2. The van der Waals surface area contributed by atoms with Crippen LogP contribution in [-0.2, 0) is 10.8 Å². The zero-order valence-electron chi connectivity index (χ0n) is 18.8. The van der Waals surface area contributed by atoms with Gasteiger partial charge in [-0.25, -0.2) is 0 Å². The van der Waals surface area contributed by atoms with Crippen LogP contribution in [0.5, 0.6) is 11.5 Å². The molecular formula is C26H34O2. The van der Waals surface area contributed by atoms with Gasteiger partial charge in [-0.15, -0.1) is 5.92 Å². The van der Waals surface area contributed by atoms with E-state index in [0.717, 1.165) is 33.4 Å². The van der Waals surface area contributed by atoms with E-state index in [4.69, 9.17) is 0 Å². The summed E-state index contributed by atoms with van der Waals surface area (Å²) >= 11 is 0. The molecule has 2 heteroatoms. The van der Waals surface area contributed by atoms with Gasteiger partial charge in [-0.1, -0.05) is 59.6 Å². The van der Waals surface area contributed by atoms with E-state index in [1.165, 1.54) is 0 Å². The van der Waals surface area contributed by atoms with Crippen molar-refractivity contribution in [3.8, 4) is 23.3 Å². The Morgan fingerprint density at radius 2 is 1.07 bits per heavy atom. The zero-order chi connectivity index (χ0) is 21.4. The van der Waals surface area contributed by atoms with Crippen LogP contribution >= 0.6 is 0 Å². The highest BCUT2D eigenvalue weighted by Crippen LogP contribution is 2.40. The van der Waals surface area contributed by atoms with Crippen molar-refractivity contribution >= 4 is 0 Å². The summed E-state index contributed by atoms with van der Waals surface area (Å²) in [6.45, 7) is 18.4. The Morgan fingerprint density at radius 1 is 0.714 bits per heavy atom. The second kappa shape index (κ2) is 7.55. The van der Waals surface area contributed by atoms with Crippen molar-refractivity contribution in [1.29, 1.82) is 0 Å². The SMILES string of the molecule is CC#CC(c1cc(C)c(O)c(C(C)(C)C)c1)c1cc(C)c(O)c(C(C)(C)C)c1. The third-order valence-corrected chi connectivity index (χ3v) is 5.22. The third kappa shape index (κ3) is 4.36. The van der Waals surface area contributed by atoms with Gasteiger partial charge in [-0.05, 0) is 77.1 Å². The first-order valence-corrected chi connectivity index (χ1v) is 9.87. The summed E-state index contributed by atoms with van der Waals surface area (Å²) in [5.41, 5.74) is 5.37. The average Bonchev–Trinajstić information content (AvgIpc) is 2.55. The molecule has 0 unspecified atom stereocenters. The lowest BCUT2D eigenvalue weighted by molar-refractivity contribution is 0.442. The van der Waals surface area contributed by atoms with Crippen LogP contribution in [0.25, 0.3) is 0 Å². The van der Waals surface area contributed by atoms with Gasteiger partial charge in [0.1, 0.15) is 11.5 Å². The highest BCUT2D eigenvalue weighted by Gasteiger charge is 2.25. The molecule has 0 radical (unpaired) electrons. The van der Waals surface area contributed by atoms with E-state index in [1.54, 1.807) is 0 Å². The minimum atomic E-state index is -0.170. The van der Waals surface area contributed by atoms with Gasteiger partial charge in [-0.2, -0.15) is 0 Å². The number of rotatable bonds is 2. The first-order chi connectivity index (χ1) is 12.8. The summed E-state index contributed by atoms with van der Waals surface area (Å²) in [6, 6.07) is 8.21. The largest absolute Gasteiger partial charge is 0.507 e. The molecule has 2 rings (SSSR count). The molecule has 0 atom stereocenters. The molecule has 0 aliphatic carbocycles. The van der Waals surface area contributed by atoms with E-state index < -0.39 is 0 Å². The maximum absolute atomic E-state index is 10.6. The average molecular weight is 379 g/mol. The van der Waals surface area contributed by atoms with Crippen LogP contribution in [0.1, 0.15) is 87.8 Å². The molecular weight excluding hydrogens is 344 g/mol. The van der Waals surface area contributed by atoms with Crippen molar-refractivity contribution in [3.05, 3.63) is 57.6 Å². The number of phenolic OH excluding ortho intramolecular Hbond substituents is 2. The molecule has 0 saturated carbocycles. The number of hydrogen-bond donors (Lipinski definition) is 2. The van der Waals surface area contributed by atoms with Gasteiger partial charge in [-0.3, -0.25) is 0 Å². The maximum Gasteiger partial charge on any atom is 0.122 e. The van der Waals surface area contributed by atoms with Crippen LogP contribution < -0.4 is 0 Å². The fraction of sp³-hybridized carbons (Fsp3) is 0.462. The lowest BCUT2D eigenvalue weighted by Gasteiger charge is -2.26. The van der Waals surface area contributed by atoms with Crippen molar-refractivity contribution in [2.24, 2.45) is 0 Å². The summed E-state index contributed by atoms with van der Waals surface area (Å²) < 4.78 is 0. The molecule has 2 N–H and O–H groups in total. The molecule has 0 saturated heterocycles. The minimum Gasteiger partial charge on any atom is -0.507 e. The van der Waals surface area contributed by atoms with Gasteiger partial charge in [0.05, 0.1) is 5.92 Å². The number of hydrogen-bond acceptors (Lipinski definition) is 2. The lowest BCUT2D eigenvalue weighted by Crippen LogP contribution is -2.15. The number of aromatic hydroxyl groups is 2. The Hall–Kier alpha value is -2.40.